The molecule has 0 atom stereocenters. The van der Waals surface area contributed by atoms with Gasteiger partial charge in [-0.3, -0.25) is 4.79 Å². The lowest BCUT2D eigenvalue weighted by Crippen LogP contribution is -2.17. The highest BCUT2D eigenvalue weighted by Crippen LogP contribution is 2.22. The van der Waals surface area contributed by atoms with E-state index < -0.39 is 0 Å². The summed E-state index contributed by atoms with van der Waals surface area (Å²) in [5.74, 6) is 0.708. The van der Waals surface area contributed by atoms with Gasteiger partial charge in [-0.2, -0.15) is 5.10 Å². The summed E-state index contributed by atoms with van der Waals surface area (Å²) in [5.41, 5.74) is 4.46. The molecule has 0 aliphatic heterocycles. The fraction of sp³-hybridized carbons (Fsp3) is 0.130. The van der Waals surface area contributed by atoms with E-state index in [1.807, 2.05) is 86.6 Å². The molecule has 0 unspecified atom stereocenters. The van der Waals surface area contributed by atoms with Gasteiger partial charge in [0.05, 0.1) is 22.8 Å². The molecule has 2 aromatic heterocycles. The number of nitrogens with zero attached hydrogens (tertiary/aromatic N) is 4. The van der Waals surface area contributed by atoms with Crippen LogP contribution in [-0.2, 0) is 4.79 Å². The van der Waals surface area contributed by atoms with Crippen molar-refractivity contribution in [3.8, 4) is 16.9 Å². The van der Waals surface area contributed by atoms with E-state index in [2.05, 4.69) is 20.4 Å². The number of nitrogens with one attached hydrogen (secondary N) is 1. The van der Waals surface area contributed by atoms with E-state index in [1.54, 1.807) is 4.68 Å². The number of para-hydroxylation sites is 1. The zero-order valence-electron chi connectivity index (χ0n) is 16.7. The number of aryl methyl sites for hydroxylation is 2. The first kappa shape index (κ1) is 19.8. The summed E-state index contributed by atoms with van der Waals surface area (Å²) in [6.45, 7) is 3.83. The molecule has 2 aromatic carbocycles. The Morgan fingerprint density at radius 2 is 1.63 bits per heavy atom. The Morgan fingerprint density at radius 3 is 2.37 bits per heavy atom. The van der Waals surface area contributed by atoms with Crippen molar-refractivity contribution < 1.29 is 4.79 Å². The standard InChI is InChI=1S/C23H21N5OS/c1-16-13-20(18-9-5-3-6-10-18)25-23(24-16)30-15-22(29)26-21-14-17(2)27-28(21)19-11-7-4-8-12-19/h3-14H,15H2,1-2H3,(H,26,29). The van der Waals surface area contributed by atoms with E-state index in [-0.39, 0.29) is 11.7 Å². The molecule has 0 aliphatic carbocycles. The van der Waals surface area contributed by atoms with Crippen LogP contribution in [0.3, 0.4) is 0 Å². The zero-order chi connectivity index (χ0) is 20.9. The van der Waals surface area contributed by atoms with Gasteiger partial charge in [0, 0.05) is 17.3 Å². The number of aromatic nitrogens is 4. The minimum Gasteiger partial charge on any atom is -0.310 e. The highest BCUT2D eigenvalue weighted by molar-refractivity contribution is 7.99. The molecule has 6 nitrogen and oxygen atoms in total. The number of hydrogen-bond acceptors (Lipinski definition) is 5. The van der Waals surface area contributed by atoms with Gasteiger partial charge >= 0.3 is 0 Å². The van der Waals surface area contributed by atoms with E-state index in [0.29, 0.717) is 11.0 Å². The molecule has 4 aromatic rings. The Morgan fingerprint density at radius 1 is 0.933 bits per heavy atom. The zero-order valence-corrected chi connectivity index (χ0v) is 17.6. The SMILES string of the molecule is Cc1cc(-c2ccccc2)nc(SCC(=O)Nc2cc(C)nn2-c2ccccc2)n1. The van der Waals surface area contributed by atoms with Crippen LogP contribution in [0.25, 0.3) is 16.9 Å². The summed E-state index contributed by atoms with van der Waals surface area (Å²) in [6, 6.07) is 23.5. The lowest BCUT2D eigenvalue weighted by Gasteiger charge is -2.09. The third kappa shape index (κ3) is 4.75. The van der Waals surface area contributed by atoms with Gasteiger partial charge in [0.15, 0.2) is 5.16 Å². The molecule has 0 fully saturated rings. The number of thioether (sulfide) groups is 1. The maximum absolute atomic E-state index is 12.6. The van der Waals surface area contributed by atoms with Crippen LogP contribution in [0.1, 0.15) is 11.4 Å². The molecule has 1 N–H and O–H groups in total. The van der Waals surface area contributed by atoms with Crippen LogP contribution < -0.4 is 5.32 Å². The van der Waals surface area contributed by atoms with Crippen LogP contribution >= 0.6 is 11.8 Å². The van der Waals surface area contributed by atoms with Crippen LogP contribution in [0, 0.1) is 13.8 Å². The van der Waals surface area contributed by atoms with Gasteiger partial charge in [0.25, 0.3) is 0 Å². The Bertz CT molecular complexity index is 1160. The molecule has 7 heteroatoms. The number of anilines is 1. The predicted molar refractivity (Wildman–Crippen MR) is 120 cm³/mol. The molecular formula is C23H21N5OS. The number of carbonyl (C=O) groups excluding carboxylic acids is 1. The largest absolute Gasteiger partial charge is 0.310 e. The average Bonchev–Trinajstić information content (AvgIpc) is 3.13. The molecule has 4 rings (SSSR count). The van der Waals surface area contributed by atoms with Crippen LogP contribution in [0.4, 0.5) is 5.82 Å². The molecule has 2 heterocycles. The van der Waals surface area contributed by atoms with Crippen molar-refractivity contribution in [1.29, 1.82) is 0 Å². The summed E-state index contributed by atoms with van der Waals surface area (Å²) in [4.78, 5) is 21.7. The van der Waals surface area contributed by atoms with E-state index in [1.165, 1.54) is 11.8 Å². The third-order valence-corrected chi connectivity index (χ3v) is 5.18. The van der Waals surface area contributed by atoms with E-state index in [4.69, 9.17) is 0 Å². The van der Waals surface area contributed by atoms with Crippen molar-refractivity contribution >= 4 is 23.5 Å². The number of amides is 1. The fourth-order valence-corrected chi connectivity index (χ4v) is 3.73. The van der Waals surface area contributed by atoms with Crippen LogP contribution in [0.5, 0.6) is 0 Å². The van der Waals surface area contributed by atoms with E-state index >= 15 is 0 Å². The lowest BCUT2D eigenvalue weighted by molar-refractivity contribution is -0.113. The third-order valence-electron chi connectivity index (χ3n) is 4.34. The van der Waals surface area contributed by atoms with Gasteiger partial charge in [-0.05, 0) is 32.0 Å². The molecule has 1 amide bonds. The molecule has 0 radical (unpaired) electrons. The molecule has 0 bridgehead atoms. The van der Waals surface area contributed by atoms with Gasteiger partial charge in [0.2, 0.25) is 5.91 Å². The normalized spacial score (nSPS) is 10.7. The molecule has 0 aliphatic rings. The smallest absolute Gasteiger partial charge is 0.236 e. The Kier molecular flexibility index (Phi) is 5.90. The minimum atomic E-state index is -0.136. The topological polar surface area (TPSA) is 72.7 Å². The van der Waals surface area contributed by atoms with Crippen molar-refractivity contribution in [2.45, 2.75) is 19.0 Å². The first-order chi connectivity index (χ1) is 14.6. The Hall–Kier alpha value is -3.45. The molecular weight excluding hydrogens is 394 g/mol. The highest BCUT2D eigenvalue weighted by Gasteiger charge is 2.13. The number of benzene rings is 2. The van der Waals surface area contributed by atoms with Crippen molar-refractivity contribution in [2.24, 2.45) is 0 Å². The fourth-order valence-electron chi connectivity index (χ4n) is 3.03. The maximum atomic E-state index is 12.6. The van der Waals surface area contributed by atoms with E-state index in [0.717, 1.165) is 28.3 Å². The lowest BCUT2D eigenvalue weighted by atomic mass is 10.1. The molecule has 30 heavy (non-hydrogen) atoms. The minimum absolute atomic E-state index is 0.136. The Balaban J connectivity index is 1.46. The number of carbonyl (C=O) groups is 1. The molecule has 0 saturated heterocycles. The van der Waals surface area contributed by atoms with Gasteiger partial charge < -0.3 is 5.32 Å². The molecule has 150 valence electrons. The first-order valence-corrected chi connectivity index (χ1v) is 10.5. The summed E-state index contributed by atoms with van der Waals surface area (Å²) >= 11 is 1.32. The summed E-state index contributed by atoms with van der Waals surface area (Å²) in [6.07, 6.45) is 0. The number of rotatable bonds is 6. The Labute approximate surface area is 179 Å². The second kappa shape index (κ2) is 8.92. The first-order valence-electron chi connectivity index (χ1n) is 9.54. The van der Waals surface area contributed by atoms with Crippen LogP contribution in [-0.4, -0.2) is 31.4 Å². The maximum Gasteiger partial charge on any atom is 0.236 e. The van der Waals surface area contributed by atoms with Gasteiger partial charge in [-0.15, -0.1) is 0 Å². The van der Waals surface area contributed by atoms with Crippen molar-refractivity contribution in [1.82, 2.24) is 19.7 Å². The monoisotopic (exact) mass is 415 g/mol. The number of hydrogen-bond donors (Lipinski definition) is 1. The predicted octanol–water partition coefficient (Wildman–Crippen LogP) is 4.68. The summed E-state index contributed by atoms with van der Waals surface area (Å²) < 4.78 is 1.73. The summed E-state index contributed by atoms with van der Waals surface area (Å²) in [7, 11) is 0. The second-order valence-electron chi connectivity index (χ2n) is 6.80. The van der Waals surface area contributed by atoms with E-state index in [9.17, 15) is 4.79 Å². The quantitative estimate of drug-likeness (QED) is 0.366. The van der Waals surface area contributed by atoms with Gasteiger partial charge in [-0.25, -0.2) is 14.6 Å². The van der Waals surface area contributed by atoms with Gasteiger partial charge in [0.1, 0.15) is 5.82 Å². The van der Waals surface area contributed by atoms with Crippen molar-refractivity contribution in [3.05, 3.63) is 84.2 Å². The van der Waals surface area contributed by atoms with Crippen LogP contribution in [0.15, 0.2) is 78.0 Å². The summed E-state index contributed by atoms with van der Waals surface area (Å²) in [5, 5.41) is 8.01. The second-order valence-corrected chi connectivity index (χ2v) is 7.74. The van der Waals surface area contributed by atoms with Crippen molar-refractivity contribution in [3.63, 3.8) is 0 Å². The van der Waals surface area contributed by atoms with Crippen LogP contribution in [0.2, 0.25) is 0 Å². The van der Waals surface area contributed by atoms with Gasteiger partial charge in [-0.1, -0.05) is 60.3 Å². The van der Waals surface area contributed by atoms with Crippen molar-refractivity contribution in [2.75, 3.05) is 11.1 Å². The average molecular weight is 416 g/mol. The molecule has 0 saturated carbocycles. The molecule has 0 spiro atoms. The highest BCUT2D eigenvalue weighted by atomic mass is 32.2.